The van der Waals surface area contributed by atoms with E-state index in [0.29, 0.717) is 17.3 Å². The predicted octanol–water partition coefficient (Wildman–Crippen LogP) is 1.54. The number of nitrogens with zero attached hydrogens (tertiary/aromatic N) is 1. The first-order valence-electron chi connectivity index (χ1n) is 5.84. The third-order valence-electron chi connectivity index (χ3n) is 2.98. The zero-order valence-electron chi connectivity index (χ0n) is 9.69. The van der Waals surface area contributed by atoms with Gasteiger partial charge in [0.25, 0.3) is 5.91 Å². The summed E-state index contributed by atoms with van der Waals surface area (Å²) in [7, 11) is 0. The number of rotatable bonds is 3. The van der Waals surface area contributed by atoms with Crippen LogP contribution in [0.1, 0.15) is 23.2 Å². The Labute approximate surface area is 105 Å². The van der Waals surface area contributed by atoms with Gasteiger partial charge in [0.1, 0.15) is 5.82 Å². The lowest BCUT2D eigenvalue weighted by atomic mass is 10.0. The summed E-state index contributed by atoms with van der Waals surface area (Å²) in [6, 6.07) is 3.43. The molecule has 1 fully saturated rings. The zero-order chi connectivity index (χ0) is 12.1. The lowest BCUT2D eigenvalue weighted by Crippen LogP contribution is -2.31. The van der Waals surface area contributed by atoms with Crippen LogP contribution in [-0.4, -0.2) is 28.9 Å². The molecule has 1 aromatic heterocycles. The minimum atomic E-state index is -0.117. The molecule has 0 bridgehead atoms. The van der Waals surface area contributed by atoms with Crippen molar-refractivity contribution in [3.63, 3.8) is 0 Å². The van der Waals surface area contributed by atoms with Gasteiger partial charge in [0.15, 0.2) is 0 Å². The number of carbonyl (C=O) groups excluding carboxylic acids is 1. The van der Waals surface area contributed by atoms with Crippen molar-refractivity contribution in [3.8, 4) is 0 Å². The van der Waals surface area contributed by atoms with Crippen molar-refractivity contribution in [2.45, 2.75) is 12.8 Å². The molecular weight excluding hydrogens is 234 g/mol. The minimum absolute atomic E-state index is 0.117. The Morgan fingerprint density at radius 3 is 3.00 bits per heavy atom. The molecule has 1 aromatic rings. The van der Waals surface area contributed by atoms with E-state index in [2.05, 4.69) is 10.3 Å². The first kappa shape index (κ1) is 12.2. The van der Waals surface area contributed by atoms with Crippen LogP contribution in [0, 0.1) is 5.92 Å². The maximum Gasteiger partial charge on any atom is 0.255 e. The maximum absolute atomic E-state index is 11.9. The molecule has 1 amide bonds. The van der Waals surface area contributed by atoms with Gasteiger partial charge in [0.05, 0.1) is 5.56 Å². The van der Waals surface area contributed by atoms with Crippen LogP contribution in [0.4, 0.5) is 5.82 Å². The van der Waals surface area contributed by atoms with Crippen LogP contribution in [-0.2, 0) is 0 Å². The molecule has 3 N–H and O–H groups in total. The molecule has 4 nitrogen and oxygen atoms in total. The first-order chi connectivity index (χ1) is 8.27. The molecule has 0 aromatic carbocycles. The lowest BCUT2D eigenvalue weighted by molar-refractivity contribution is 0.0947. The summed E-state index contributed by atoms with van der Waals surface area (Å²) in [5.41, 5.74) is 6.13. The van der Waals surface area contributed by atoms with Crippen LogP contribution < -0.4 is 11.1 Å². The zero-order valence-corrected chi connectivity index (χ0v) is 10.5. The molecule has 2 heterocycles. The van der Waals surface area contributed by atoms with Crippen molar-refractivity contribution in [1.29, 1.82) is 0 Å². The van der Waals surface area contributed by atoms with E-state index in [1.54, 1.807) is 18.3 Å². The minimum Gasteiger partial charge on any atom is -0.383 e. The Kier molecular flexibility index (Phi) is 4.25. The molecule has 0 atom stereocenters. The summed E-state index contributed by atoms with van der Waals surface area (Å²) in [5, 5.41) is 2.94. The van der Waals surface area contributed by atoms with E-state index in [9.17, 15) is 4.79 Å². The Bertz CT molecular complexity index is 391. The highest BCUT2D eigenvalue weighted by Gasteiger charge is 2.16. The Morgan fingerprint density at radius 2 is 2.29 bits per heavy atom. The van der Waals surface area contributed by atoms with Crippen LogP contribution in [0.15, 0.2) is 18.3 Å². The number of amides is 1. The van der Waals surface area contributed by atoms with Gasteiger partial charge in [-0.05, 0) is 42.4 Å². The molecule has 0 saturated carbocycles. The van der Waals surface area contributed by atoms with E-state index >= 15 is 0 Å². The summed E-state index contributed by atoms with van der Waals surface area (Å²) < 4.78 is 0. The van der Waals surface area contributed by atoms with E-state index < -0.39 is 0 Å². The third kappa shape index (κ3) is 3.36. The van der Waals surface area contributed by atoms with E-state index in [1.807, 2.05) is 11.8 Å². The van der Waals surface area contributed by atoms with Crippen molar-refractivity contribution >= 4 is 23.5 Å². The van der Waals surface area contributed by atoms with Gasteiger partial charge in [0, 0.05) is 12.7 Å². The van der Waals surface area contributed by atoms with Crippen LogP contribution in [0.5, 0.6) is 0 Å². The average molecular weight is 251 g/mol. The summed E-state index contributed by atoms with van der Waals surface area (Å²) in [4.78, 5) is 15.8. The summed E-state index contributed by atoms with van der Waals surface area (Å²) >= 11 is 1.99. The second-order valence-electron chi connectivity index (χ2n) is 4.20. The molecule has 92 valence electrons. The van der Waals surface area contributed by atoms with Crippen LogP contribution >= 0.6 is 11.8 Å². The normalized spacial score (nSPS) is 16.7. The van der Waals surface area contributed by atoms with E-state index in [1.165, 1.54) is 24.3 Å². The number of pyridine rings is 1. The van der Waals surface area contributed by atoms with Crippen molar-refractivity contribution < 1.29 is 4.79 Å². The van der Waals surface area contributed by atoms with Crippen LogP contribution in [0.3, 0.4) is 0 Å². The van der Waals surface area contributed by atoms with Gasteiger partial charge in [-0.25, -0.2) is 4.98 Å². The molecule has 5 heteroatoms. The summed E-state index contributed by atoms with van der Waals surface area (Å²) in [6.07, 6.45) is 3.96. The molecule has 0 radical (unpaired) electrons. The number of nitrogens with one attached hydrogen (secondary N) is 1. The highest BCUT2D eigenvalue weighted by Crippen LogP contribution is 2.22. The molecule has 0 spiro atoms. The molecule has 1 saturated heterocycles. The van der Waals surface area contributed by atoms with Crippen molar-refractivity contribution in [1.82, 2.24) is 10.3 Å². The van der Waals surface area contributed by atoms with E-state index in [4.69, 9.17) is 5.73 Å². The van der Waals surface area contributed by atoms with Gasteiger partial charge in [0.2, 0.25) is 0 Å². The van der Waals surface area contributed by atoms with Gasteiger partial charge in [-0.2, -0.15) is 11.8 Å². The number of nitrogens with two attached hydrogens (primary N) is 1. The number of carbonyl (C=O) groups is 1. The molecule has 0 aliphatic carbocycles. The molecule has 17 heavy (non-hydrogen) atoms. The molecular formula is C12H17N3OS. The highest BCUT2D eigenvalue weighted by atomic mass is 32.2. The summed E-state index contributed by atoms with van der Waals surface area (Å²) in [6.45, 7) is 0.744. The second kappa shape index (κ2) is 5.91. The fraction of sp³-hybridized carbons (Fsp3) is 0.500. The number of aromatic nitrogens is 1. The Hall–Kier alpha value is -1.23. The van der Waals surface area contributed by atoms with Crippen LogP contribution in [0.2, 0.25) is 0 Å². The average Bonchev–Trinajstić information content (AvgIpc) is 2.38. The van der Waals surface area contributed by atoms with Crippen molar-refractivity contribution in [3.05, 3.63) is 23.9 Å². The maximum atomic E-state index is 11.9. The largest absolute Gasteiger partial charge is 0.383 e. The summed E-state index contributed by atoms with van der Waals surface area (Å²) in [5.74, 6) is 3.20. The van der Waals surface area contributed by atoms with Gasteiger partial charge >= 0.3 is 0 Å². The quantitative estimate of drug-likeness (QED) is 0.855. The van der Waals surface area contributed by atoms with Gasteiger partial charge in [-0.1, -0.05) is 0 Å². The topological polar surface area (TPSA) is 68.0 Å². The lowest BCUT2D eigenvalue weighted by Gasteiger charge is -2.21. The molecule has 1 aliphatic rings. The van der Waals surface area contributed by atoms with E-state index in [0.717, 1.165) is 6.54 Å². The predicted molar refractivity (Wildman–Crippen MR) is 71.0 cm³/mol. The Balaban J connectivity index is 1.87. The van der Waals surface area contributed by atoms with Gasteiger partial charge in [-0.15, -0.1) is 0 Å². The van der Waals surface area contributed by atoms with E-state index in [-0.39, 0.29) is 5.91 Å². The van der Waals surface area contributed by atoms with Crippen molar-refractivity contribution in [2.75, 3.05) is 23.8 Å². The third-order valence-corrected chi connectivity index (χ3v) is 4.02. The number of anilines is 1. The fourth-order valence-corrected chi connectivity index (χ4v) is 3.10. The molecule has 1 aliphatic heterocycles. The SMILES string of the molecule is Nc1ncccc1C(=O)NCC1CCSCC1. The number of hydrogen-bond donors (Lipinski definition) is 2. The number of thioether (sulfide) groups is 1. The standard InChI is InChI=1S/C12H17N3OS/c13-11-10(2-1-5-14-11)12(16)15-8-9-3-6-17-7-4-9/h1-2,5,9H,3-4,6-8H2,(H2,13,14)(H,15,16). The molecule has 0 unspecified atom stereocenters. The first-order valence-corrected chi connectivity index (χ1v) is 6.99. The smallest absolute Gasteiger partial charge is 0.255 e. The highest BCUT2D eigenvalue weighted by molar-refractivity contribution is 7.99. The Morgan fingerprint density at radius 1 is 1.53 bits per heavy atom. The van der Waals surface area contributed by atoms with Crippen molar-refractivity contribution in [2.24, 2.45) is 5.92 Å². The van der Waals surface area contributed by atoms with Crippen LogP contribution in [0.25, 0.3) is 0 Å². The van der Waals surface area contributed by atoms with Gasteiger partial charge in [-0.3, -0.25) is 4.79 Å². The number of hydrogen-bond acceptors (Lipinski definition) is 4. The monoisotopic (exact) mass is 251 g/mol. The molecule has 2 rings (SSSR count). The fourth-order valence-electron chi connectivity index (χ4n) is 1.89. The number of nitrogen functional groups attached to an aromatic ring is 1. The van der Waals surface area contributed by atoms with Gasteiger partial charge < -0.3 is 11.1 Å². The second-order valence-corrected chi connectivity index (χ2v) is 5.43.